The smallest absolute Gasteiger partial charge is 0.406 e. The molecular formula is C116H156F6O. The fourth-order valence-corrected chi connectivity index (χ4v) is 24.0. The largest absolute Gasteiger partial charge is 0.573 e. The predicted octanol–water partition coefficient (Wildman–Crippen LogP) is 36.5. The Morgan fingerprint density at radius 1 is 0.276 bits per heavy atom. The van der Waals surface area contributed by atoms with E-state index in [0.717, 1.165) is 120 Å². The molecule has 1 nitrogen and oxygen atoms in total. The van der Waals surface area contributed by atoms with E-state index >= 15 is 0 Å². The number of benzene rings is 8. The molecule has 0 aromatic heterocycles. The molecule has 0 N–H and O–H groups in total. The highest BCUT2D eigenvalue weighted by molar-refractivity contribution is 5.67. The van der Waals surface area contributed by atoms with E-state index in [2.05, 4.69) is 181 Å². The second kappa shape index (κ2) is 48.3. The molecule has 8 aliphatic rings. The van der Waals surface area contributed by atoms with Gasteiger partial charge in [-0.05, 0) is 373 Å². The number of ether oxygens (including phenoxy) is 1. The molecule has 8 aromatic rings. The van der Waals surface area contributed by atoms with Crippen LogP contribution in [0.25, 0.3) is 33.4 Å². The summed E-state index contributed by atoms with van der Waals surface area (Å²) < 4.78 is 83.5. The minimum atomic E-state index is -4.62. The third kappa shape index (κ3) is 28.6. The van der Waals surface area contributed by atoms with Crippen LogP contribution in [0, 0.1) is 96.4 Å². The lowest BCUT2D eigenvalue weighted by molar-refractivity contribution is -0.274. The van der Waals surface area contributed by atoms with Crippen molar-refractivity contribution < 1.29 is 31.1 Å². The summed E-state index contributed by atoms with van der Waals surface area (Å²) in [5, 5.41) is 0. The van der Waals surface area contributed by atoms with Crippen molar-refractivity contribution in [2.45, 2.75) is 368 Å². The Kier molecular flexibility index (Phi) is 37.4. The van der Waals surface area contributed by atoms with Gasteiger partial charge in [0.25, 0.3) is 0 Å². The Morgan fingerprint density at radius 2 is 0.537 bits per heavy atom. The van der Waals surface area contributed by atoms with Gasteiger partial charge < -0.3 is 4.74 Å². The van der Waals surface area contributed by atoms with Crippen LogP contribution in [0.4, 0.5) is 26.3 Å². The summed E-state index contributed by atoms with van der Waals surface area (Å²) in [6.07, 6.45) is 52.6. The van der Waals surface area contributed by atoms with E-state index in [1.54, 1.807) is 23.3 Å². The maximum Gasteiger partial charge on any atom is 0.573 e. The number of hydrogen-bond acceptors (Lipinski definition) is 1. The lowest BCUT2D eigenvalue weighted by Crippen LogP contribution is -2.25. The normalized spacial score (nSPS) is 26.8. The molecule has 0 bridgehead atoms. The highest BCUT2D eigenvalue weighted by Gasteiger charge is 2.36. The average molecular weight is 1680 g/mol. The van der Waals surface area contributed by atoms with Crippen molar-refractivity contribution in [2.75, 3.05) is 0 Å². The van der Waals surface area contributed by atoms with Crippen LogP contribution in [-0.4, -0.2) is 6.36 Å². The van der Waals surface area contributed by atoms with Gasteiger partial charge in [-0.2, -0.15) is 0 Å². The molecule has 8 fully saturated rings. The van der Waals surface area contributed by atoms with Crippen LogP contribution in [-0.2, 0) is 12.8 Å². The van der Waals surface area contributed by atoms with Crippen LogP contribution in [0.5, 0.6) is 5.75 Å². The topological polar surface area (TPSA) is 9.23 Å². The standard InChI is InChI=1S/C28H35F3.C23H30.C22H31F3O.C22H34.C21H26/c1-3-4-19-5-7-20(8-6-19)21-9-11-22(12-10-21)23-13-14-25(28(31)15-23)24-16-26(29)18(2)27(30)17-24;1-3-5-19-8-12-21(13-9-19)23-16-14-22(15-17-23)20-10-6-18(4-2)7-11-20;1-2-3-16-4-6-17(7-5-16)18-8-10-19(11-9-18)20-12-14-21(15-13-20)26-22(23,24)25;1-3-4-18-7-11-20(12-8-18)22-15-13-21(14-16-22)19-9-5-17(2)6-10-19;1-3-17-6-10-19(11-7-17)21-14-12-20(13-15-21)18-8-4-16(2)5-9-18/h13-17,19-22H,3-12H2,1-2H3;6-7,10-11,14-17,19,21H,3-5,8-9,12-13H2,1-2H3;12-19H,2-11H2,1H3;5-6,9-10,18,20-22H,3-4,7-8,11-16H2,1-2H3;6-7,10-16,18H,3-5,8-9H2,1-2H3. The van der Waals surface area contributed by atoms with Gasteiger partial charge in [0.15, 0.2) is 0 Å². The van der Waals surface area contributed by atoms with Gasteiger partial charge in [0.05, 0.1) is 0 Å². The van der Waals surface area contributed by atoms with Crippen molar-refractivity contribution >= 4 is 0 Å². The molecule has 0 saturated heterocycles. The van der Waals surface area contributed by atoms with Crippen LogP contribution in [0.1, 0.15) is 385 Å². The summed E-state index contributed by atoms with van der Waals surface area (Å²) >= 11 is 0. The van der Waals surface area contributed by atoms with Gasteiger partial charge in [-0.3, -0.25) is 0 Å². The van der Waals surface area contributed by atoms with Crippen molar-refractivity contribution in [3.63, 3.8) is 0 Å². The molecule has 7 heteroatoms. The summed E-state index contributed by atoms with van der Waals surface area (Å²) in [6.45, 7) is 19.6. The van der Waals surface area contributed by atoms with E-state index < -0.39 is 23.8 Å². The van der Waals surface area contributed by atoms with Crippen molar-refractivity contribution in [2.24, 2.45) is 65.1 Å². The molecule has 16 rings (SSSR count). The fraction of sp³-hybridized carbons (Fsp3) is 0.586. The fourth-order valence-electron chi connectivity index (χ4n) is 24.0. The minimum absolute atomic E-state index is 0.0311. The Morgan fingerprint density at radius 3 is 0.837 bits per heavy atom. The molecule has 0 amide bonds. The molecule has 8 saturated carbocycles. The second-order valence-corrected chi connectivity index (χ2v) is 40.2. The maximum absolute atomic E-state index is 14.9. The number of hydrogen-bond donors (Lipinski definition) is 0. The van der Waals surface area contributed by atoms with E-state index in [1.807, 2.05) is 18.2 Å². The Hall–Kier alpha value is -6.86. The monoisotopic (exact) mass is 1680 g/mol. The first-order chi connectivity index (χ1) is 59.7. The highest BCUT2D eigenvalue weighted by Crippen LogP contribution is 2.50. The summed E-state index contributed by atoms with van der Waals surface area (Å²) in [7, 11) is 0. The summed E-state index contributed by atoms with van der Waals surface area (Å²) in [6, 6.07) is 60.1. The molecule has 0 radical (unpaired) electrons. The van der Waals surface area contributed by atoms with Gasteiger partial charge in [-0.1, -0.05) is 302 Å². The van der Waals surface area contributed by atoms with Gasteiger partial charge in [0, 0.05) is 11.1 Å². The SMILES string of the molecule is CCCC1CCC(C2CCC(c3ccc(-c4cc(F)c(C)c(F)c4)c(F)c3)CC2)CC1.CCCC1CCC(C2CCC(c3ccc(C)cc3)CC2)CC1.CCCC1CCC(C2CCC(c3ccc(OC(F)(F)F)cc3)CC2)CC1.CCCC1CCC(c2ccc(-c3ccc(CC)cc3)cc2)CC1.CCc1ccc(-c2ccc(C3CCC(C)CC3)cc2)cc1. The van der Waals surface area contributed by atoms with Crippen LogP contribution in [0.3, 0.4) is 0 Å². The molecule has 0 spiro atoms. The van der Waals surface area contributed by atoms with E-state index in [-0.39, 0.29) is 22.4 Å². The molecule has 0 heterocycles. The van der Waals surface area contributed by atoms with Crippen LogP contribution in [0.2, 0.25) is 0 Å². The van der Waals surface area contributed by atoms with Crippen molar-refractivity contribution in [1.82, 2.24) is 0 Å². The quantitative estimate of drug-likeness (QED) is 0.0615. The summed E-state index contributed by atoms with van der Waals surface area (Å²) in [5.74, 6) is 12.0. The van der Waals surface area contributed by atoms with Crippen molar-refractivity contribution in [1.29, 1.82) is 0 Å². The van der Waals surface area contributed by atoms with E-state index in [0.29, 0.717) is 11.8 Å². The van der Waals surface area contributed by atoms with E-state index in [4.69, 9.17) is 0 Å². The first kappa shape index (κ1) is 95.3. The number of rotatable bonds is 22. The molecular weight excluding hydrogens is 1520 g/mol. The van der Waals surface area contributed by atoms with Crippen molar-refractivity contribution in [3.05, 3.63) is 243 Å². The summed E-state index contributed by atoms with van der Waals surface area (Å²) in [4.78, 5) is 0. The Labute approximate surface area is 742 Å². The molecule has 0 aliphatic heterocycles. The lowest BCUT2D eigenvalue weighted by Gasteiger charge is -2.38. The minimum Gasteiger partial charge on any atom is -0.406 e. The van der Waals surface area contributed by atoms with Crippen molar-refractivity contribution in [3.8, 4) is 39.1 Å². The average Bonchev–Trinajstić information content (AvgIpc) is 0.801. The van der Waals surface area contributed by atoms with Gasteiger partial charge in [-0.15, -0.1) is 13.2 Å². The molecule has 8 aliphatic carbocycles. The zero-order valence-corrected chi connectivity index (χ0v) is 77.4. The first-order valence-electron chi connectivity index (χ1n) is 50.3. The van der Waals surface area contributed by atoms with Crippen LogP contribution < -0.4 is 4.74 Å². The molecule has 8 aromatic carbocycles. The molecule has 123 heavy (non-hydrogen) atoms. The maximum atomic E-state index is 14.9. The third-order valence-corrected chi connectivity index (χ3v) is 32.0. The lowest BCUT2D eigenvalue weighted by atomic mass is 9.68. The van der Waals surface area contributed by atoms with Gasteiger partial charge >= 0.3 is 6.36 Å². The molecule has 0 unspecified atom stereocenters. The summed E-state index contributed by atoms with van der Waals surface area (Å²) in [5.41, 5.74) is 16.9. The Balaban J connectivity index is 0.000000141. The number of halogens is 6. The van der Waals surface area contributed by atoms with Gasteiger partial charge in [0.2, 0.25) is 0 Å². The van der Waals surface area contributed by atoms with E-state index in [1.165, 1.54) is 320 Å². The molecule has 0 atom stereocenters. The number of alkyl halides is 3. The predicted molar refractivity (Wildman–Crippen MR) is 508 cm³/mol. The van der Waals surface area contributed by atoms with Crippen LogP contribution in [0.15, 0.2) is 176 Å². The second-order valence-electron chi connectivity index (χ2n) is 40.2. The number of aryl methyl sites for hydroxylation is 3. The van der Waals surface area contributed by atoms with Gasteiger partial charge in [-0.25, -0.2) is 13.2 Å². The van der Waals surface area contributed by atoms with E-state index in [9.17, 15) is 26.3 Å². The Bertz CT molecular complexity index is 4260. The van der Waals surface area contributed by atoms with Crippen LogP contribution >= 0.6 is 0 Å². The third-order valence-electron chi connectivity index (χ3n) is 32.0. The zero-order valence-electron chi connectivity index (χ0n) is 77.4. The van der Waals surface area contributed by atoms with Gasteiger partial charge in [0.1, 0.15) is 23.2 Å². The first-order valence-corrected chi connectivity index (χ1v) is 50.3. The molecule has 668 valence electrons. The zero-order chi connectivity index (χ0) is 86.6. The highest BCUT2D eigenvalue weighted by atomic mass is 19.4.